The van der Waals surface area contributed by atoms with Crippen molar-refractivity contribution in [1.29, 1.82) is 0 Å². The Morgan fingerprint density at radius 1 is 1.29 bits per heavy atom. The molecule has 1 rings (SSSR count). The van der Waals surface area contributed by atoms with Crippen molar-refractivity contribution >= 4 is 27.7 Å². The van der Waals surface area contributed by atoms with E-state index in [1.54, 1.807) is 0 Å². The second kappa shape index (κ2) is 4.48. The predicted octanol–water partition coefficient (Wildman–Crippen LogP) is 2.38. The van der Waals surface area contributed by atoms with Gasteiger partial charge in [-0.15, -0.1) is 0 Å². The smallest absolute Gasteiger partial charge is 0.210 e. The van der Waals surface area contributed by atoms with Crippen molar-refractivity contribution in [3.63, 3.8) is 0 Å². The molecule has 0 unspecified atom stereocenters. The lowest BCUT2D eigenvalue weighted by molar-refractivity contribution is -0.139. The minimum atomic E-state index is -4.92. The van der Waals surface area contributed by atoms with Crippen molar-refractivity contribution in [3.8, 4) is 0 Å². The second-order valence-electron chi connectivity index (χ2n) is 2.80. The third-order valence-corrected chi connectivity index (χ3v) is 3.14. The molecule has 0 atom stereocenters. The van der Waals surface area contributed by atoms with Crippen LogP contribution < -0.4 is 0 Å². The zero-order chi connectivity index (χ0) is 13.3. The van der Waals surface area contributed by atoms with Crippen LogP contribution in [-0.2, 0) is 21.0 Å². The molecule has 0 fully saturated rings. The normalized spacial score (nSPS) is 12.0. The Labute approximate surface area is 98.8 Å². The molecule has 0 aromatic heterocycles. The first-order chi connectivity index (χ1) is 7.68. The first kappa shape index (κ1) is 13.7. The monoisotopic (exact) mass is 285 g/mol. The molecule has 0 aliphatic carbocycles. The molecule has 17 heavy (non-hydrogen) atoms. The third kappa shape index (κ3) is 3.06. The van der Waals surface area contributed by atoms with Gasteiger partial charge in [0.2, 0.25) is 0 Å². The summed E-state index contributed by atoms with van der Waals surface area (Å²) in [4.78, 5) is 8.70. The van der Waals surface area contributed by atoms with Gasteiger partial charge in [0.05, 0.1) is 5.56 Å². The van der Waals surface area contributed by atoms with Gasteiger partial charge in [0, 0.05) is 5.02 Å². The first-order valence-corrected chi connectivity index (χ1v) is 5.71. The molecule has 0 aliphatic rings. The molecule has 0 bridgehead atoms. The molecule has 0 aliphatic heterocycles. The summed E-state index contributed by atoms with van der Waals surface area (Å²) < 4.78 is 62.4. The molecule has 0 amide bonds. The first-order valence-electron chi connectivity index (χ1n) is 3.89. The molecule has 0 saturated heterocycles. The maximum absolute atomic E-state index is 12.5. The lowest BCUT2D eigenvalue weighted by atomic mass is 10.2. The van der Waals surface area contributed by atoms with E-state index >= 15 is 0 Å². The van der Waals surface area contributed by atoms with Crippen LogP contribution in [0.2, 0.25) is 5.02 Å². The van der Waals surface area contributed by atoms with E-state index in [9.17, 15) is 26.4 Å². The van der Waals surface area contributed by atoms with E-state index < -0.39 is 26.7 Å². The van der Waals surface area contributed by atoms with Gasteiger partial charge in [-0.05, 0) is 18.2 Å². The number of benzene rings is 1. The Bertz CT molecular complexity index is 591. The van der Waals surface area contributed by atoms with Crippen LogP contribution >= 0.6 is 11.6 Å². The standard InChI is InChI=1S/C8H3ClF3NO3S/c9-5-1-2-7(17(15,16)13-4-14)6(3-5)8(10,11)12/h1-3H. The molecule has 1 aromatic rings. The van der Waals surface area contributed by atoms with Gasteiger partial charge in [0.25, 0.3) is 16.1 Å². The van der Waals surface area contributed by atoms with Gasteiger partial charge in [-0.3, -0.25) is 0 Å². The maximum Gasteiger partial charge on any atom is 0.417 e. The summed E-state index contributed by atoms with van der Waals surface area (Å²) in [5.41, 5.74) is -1.48. The Hall–Kier alpha value is -1.37. The lowest BCUT2D eigenvalue weighted by Crippen LogP contribution is -2.12. The van der Waals surface area contributed by atoms with Gasteiger partial charge in [-0.1, -0.05) is 16.0 Å². The molecule has 9 heteroatoms. The molecular formula is C8H3ClF3NO3S. The summed E-state index contributed by atoms with van der Waals surface area (Å²) in [6, 6.07) is 2.01. The number of nitrogens with zero attached hydrogens (tertiary/aromatic N) is 1. The fourth-order valence-electron chi connectivity index (χ4n) is 1.05. The number of halogens is 4. The topological polar surface area (TPSA) is 63.6 Å². The van der Waals surface area contributed by atoms with Crippen molar-refractivity contribution < 1.29 is 26.4 Å². The third-order valence-electron chi connectivity index (χ3n) is 1.68. The highest BCUT2D eigenvalue weighted by molar-refractivity contribution is 7.90. The van der Waals surface area contributed by atoms with E-state index in [4.69, 9.17) is 11.6 Å². The molecule has 92 valence electrons. The predicted molar refractivity (Wildman–Crippen MR) is 51.8 cm³/mol. The zero-order valence-corrected chi connectivity index (χ0v) is 9.40. The van der Waals surface area contributed by atoms with Crippen LogP contribution in [0.25, 0.3) is 0 Å². The van der Waals surface area contributed by atoms with Gasteiger partial charge >= 0.3 is 6.18 Å². The highest BCUT2D eigenvalue weighted by Gasteiger charge is 2.37. The van der Waals surface area contributed by atoms with E-state index in [0.717, 1.165) is 6.07 Å². The van der Waals surface area contributed by atoms with E-state index in [2.05, 4.69) is 4.40 Å². The molecule has 0 radical (unpaired) electrons. The van der Waals surface area contributed by atoms with E-state index in [0.29, 0.717) is 18.2 Å². The van der Waals surface area contributed by atoms with Crippen LogP contribution in [0, 0.1) is 0 Å². The average molecular weight is 286 g/mol. The van der Waals surface area contributed by atoms with Crippen LogP contribution in [-0.4, -0.2) is 14.5 Å². The summed E-state index contributed by atoms with van der Waals surface area (Å²) in [5.74, 6) is 0. The number of carbonyl (C=O) groups excluding carboxylic acids is 1. The van der Waals surface area contributed by atoms with Crippen molar-refractivity contribution in [2.45, 2.75) is 11.1 Å². The van der Waals surface area contributed by atoms with Crippen LogP contribution in [0.4, 0.5) is 13.2 Å². The Kier molecular flexibility index (Phi) is 3.61. The van der Waals surface area contributed by atoms with Crippen molar-refractivity contribution in [2.75, 3.05) is 0 Å². The molecule has 0 saturated carbocycles. The Morgan fingerprint density at radius 3 is 2.35 bits per heavy atom. The Morgan fingerprint density at radius 2 is 1.88 bits per heavy atom. The number of isocyanates is 1. The summed E-state index contributed by atoms with van der Waals surface area (Å²) in [7, 11) is -4.72. The van der Waals surface area contributed by atoms with Crippen molar-refractivity contribution in [3.05, 3.63) is 28.8 Å². The summed E-state index contributed by atoms with van der Waals surface area (Å²) in [6.45, 7) is 0. The lowest BCUT2D eigenvalue weighted by Gasteiger charge is -2.10. The molecule has 1 aromatic carbocycles. The minimum Gasteiger partial charge on any atom is -0.210 e. The number of hydrogen-bond acceptors (Lipinski definition) is 3. The van der Waals surface area contributed by atoms with Crippen LogP contribution in [0.15, 0.2) is 27.5 Å². The average Bonchev–Trinajstić information content (AvgIpc) is 2.15. The molecule has 0 N–H and O–H groups in total. The number of alkyl halides is 3. The SMILES string of the molecule is O=C=NS(=O)(=O)c1ccc(Cl)cc1C(F)(F)F. The van der Waals surface area contributed by atoms with E-state index in [-0.39, 0.29) is 5.02 Å². The Balaban J connectivity index is 3.61. The quantitative estimate of drug-likeness (QED) is 0.619. The summed E-state index contributed by atoms with van der Waals surface area (Å²) in [6.07, 6.45) is -4.24. The number of rotatable bonds is 2. The maximum atomic E-state index is 12.5. The van der Waals surface area contributed by atoms with Crippen LogP contribution in [0.1, 0.15) is 5.56 Å². The zero-order valence-electron chi connectivity index (χ0n) is 7.82. The van der Waals surface area contributed by atoms with Crippen molar-refractivity contribution in [1.82, 2.24) is 0 Å². The van der Waals surface area contributed by atoms with Crippen molar-refractivity contribution in [2.24, 2.45) is 4.40 Å². The van der Waals surface area contributed by atoms with E-state index in [1.807, 2.05) is 0 Å². The van der Waals surface area contributed by atoms with E-state index in [1.165, 1.54) is 0 Å². The van der Waals surface area contributed by atoms with Gasteiger partial charge in [-0.2, -0.15) is 21.6 Å². The second-order valence-corrected chi connectivity index (χ2v) is 4.80. The fourth-order valence-corrected chi connectivity index (χ4v) is 2.11. The summed E-state index contributed by atoms with van der Waals surface area (Å²) >= 11 is 5.35. The molecule has 0 heterocycles. The molecular weight excluding hydrogens is 283 g/mol. The van der Waals surface area contributed by atoms with Gasteiger partial charge in [0.15, 0.2) is 0 Å². The summed E-state index contributed by atoms with van der Waals surface area (Å²) in [5, 5.41) is -0.286. The van der Waals surface area contributed by atoms with Crippen LogP contribution in [0.5, 0.6) is 0 Å². The molecule has 4 nitrogen and oxygen atoms in total. The minimum absolute atomic E-state index is 0.286. The van der Waals surface area contributed by atoms with Crippen LogP contribution in [0.3, 0.4) is 0 Å². The number of sulfonamides is 1. The largest absolute Gasteiger partial charge is 0.417 e. The highest BCUT2D eigenvalue weighted by Crippen LogP contribution is 2.36. The highest BCUT2D eigenvalue weighted by atomic mass is 35.5. The van der Waals surface area contributed by atoms with Gasteiger partial charge in [0.1, 0.15) is 4.90 Å². The van der Waals surface area contributed by atoms with Gasteiger partial charge < -0.3 is 0 Å². The fraction of sp³-hybridized carbons (Fsp3) is 0.125. The number of hydrogen-bond donors (Lipinski definition) is 0. The molecule has 0 spiro atoms. The van der Waals surface area contributed by atoms with Gasteiger partial charge in [-0.25, -0.2) is 4.79 Å².